The van der Waals surface area contributed by atoms with Crippen LogP contribution in [0.25, 0.3) is 0 Å². The number of halogens is 2. The molecular formula is C13H16F2O. The van der Waals surface area contributed by atoms with Crippen molar-refractivity contribution < 1.29 is 13.9 Å². The van der Waals surface area contributed by atoms with E-state index in [9.17, 15) is 13.9 Å². The summed E-state index contributed by atoms with van der Waals surface area (Å²) in [5.41, 5.74) is -0.420. The summed E-state index contributed by atoms with van der Waals surface area (Å²) < 4.78 is 26.2. The summed E-state index contributed by atoms with van der Waals surface area (Å²) in [6.45, 7) is 1.90. The molecule has 0 bridgehead atoms. The minimum absolute atomic E-state index is 0.278. The molecule has 0 aromatic heterocycles. The third-order valence-corrected chi connectivity index (χ3v) is 3.46. The Balaban J connectivity index is 2.18. The average Bonchev–Trinajstić information content (AvgIpc) is 3.06. The number of rotatable bonds is 4. The predicted molar refractivity (Wildman–Crippen MR) is 58.0 cm³/mol. The van der Waals surface area contributed by atoms with Gasteiger partial charge in [0.1, 0.15) is 11.6 Å². The Hall–Kier alpha value is -0.960. The quantitative estimate of drug-likeness (QED) is 0.836. The molecule has 1 unspecified atom stereocenters. The Bertz CT molecular complexity index is 388. The highest BCUT2D eigenvalue weighted by Crippen LogP contribution is 2.43. The van der Waals surface area contributed by atoms with Crippen LogP contribution in [0, 0.1) is 17.6 Å². The predicted octanol–water partition coefficient (Wildman–Crippen LogP) is 3.06. The molecule has 1 aliphatic rings. The Morgan fingerprint density at radius 2 is 2.06 bits per heavy atom. The van der Waals surface area contributed by atoms with Crippen molar-refractivity contribution in [3.8, 4) is 0 Å². The summed E-state index contributed by atoms with van der Waals surface area (Å²) in [7, 11) is 0. The lowest BCUT2D eigenvalue weighted by molar-refractivity contribution is 0.0131. The summed E-state index contributed by atoms with van der Waals surface area (Å²) in [4.78, 5) is 0. The van der Waals surface area contributed by atoms with E-state index in [4.69, 9.17) is 0 Å². The van der Waals surface area contributed by atoms with Gasteiger partial charge < -0.3 is 5.11 Å². The van der Waals surface area contributed by atoms with Gasteiger partial charge in [0.05, 0.1) is 5.60 Å². The molecule has 1 N–H and O–H groups in total. The van der Waals surface area contributed by atoms with Gasteiger partial charge in [0.2, 0.25) is 0 Å². The van der Waals surface area contributed by atoms with E-state index in [2.05, 4.69) is 0 Å². The molecule has 1 nitrogen and oxygen atoms in total. The lowest BCUT2D eigenvalue weighted by atomic mass is 9.87. The third kappa shape index (κ3) is 2.24. The first-order valence-corrected chi connectivity index (χ1v) is 5.71. The van der Waals surface area contributed by atoms with Crippen molar-refractivity contribution >= 4 is 0 Å². The van der Waals surface area contributed by atoms with Crippen molar-refractivity contribution in [1.29, 1.82) is 0 Å². The highest BCUT2D eigenvalue weighted by atomic mass is 19.1. The van der Waals surface area contributed by atoms with Crippen molar-refractivity contribution in [1.82, 2.24) is 0 Å². The zero-order valence-electron chi connectivity index (χ0n) is 9.34. The first kappa shape index (κ1) is 11.5. The van der Waals surface area contributed by atoms with Gasteiger partial charge in [-0.3, -0.25) is 0 Å². The fourth-order valence-corrected chi connectivity index (χ4v) is 2.17. The second-order valence-corrected chi connectivity index (χ2v) is 4.64. The molecule has 88 valence electrons. The van der Waals surface area contributed by atoms with Crippen LogP contribution in [0.3, 0.4) is 0 Å². The maximum atomic E-state index is 13.4. The molecule has 1 atom stereocenters. The van der Waals surface area contributed by atoms with E-state index < -0.39 is 17.2 Å². The molecule has 0 saturated heterocycles. The normalized spacial score (nSPS) is 19.5. The van der Waals surface area contributed by atoms with Gasteiger partial charge in [-0.15, -0.1) is 0 Å². The highest BCUT2D eigenvalue weighted by Gasteiger charge is 2.42. The number of benzene rings is 1. The van der Waals surface area contributed by atoms with Crippen LogP contribution in [-0.2, 0) is 6.42 Å². The largest absolute Gasteiger partial charge is 0.389 e. The van der Waals surface area contributed by atoms with Crippen LogP contribution >= 0.6 is 0 Å². The van der Waals surface area contributed by atoms with Crippen LogP contribution in [0.15, 0.2) is 18.2 Å². The first-order valence-electron chi connectivity index (χ1n) is 5.71. The van der Waals surface area contributed by atoms with Crippen LogP contribution < -0.4 is 0 Å². The summed E-state index contributed by atoms with van der Waals surface area (Å²) in [5.74, 6) is -0.859. The lowest BCUT2D eigenvalue weighted by Gasteiger charge is -2.27. The number of hydrogen-bond acceptors (Lipinski definition) is 1. The molecule has 0 heterocycles. The van der Waals surface area contributed by atoms with Crippen LogP contribution in [0.5, 0.6) is 0 Å². The second-order valence-electron chi connectivity index (χ2n) is 4.64. The molecule has 16 heavy (non-hydrogen) atoms. The minimum Gasteiger partial charge on any atom is -0.389 e. The molecule has 1 aromatic rings. The molecule has 0 amide bonds. The average molecular weight is 226 g/mol. The minimum atomic E-state index is -0.821. The van der Waals surface area contributed by atoms with Gasteiger partial charge in [-0.2, -0.15) is 0 Å². The van der Waals surface area contributed by atoms with Crippen molar-refractivity contribution in [3.05, 3.63) is 35.4 Å². The SMILES string of the molecule is CCC(O)(Cc1ccc(F)cc1F)C1CC1. The lowest BCUT2D eigenvalue weighted by Crippen LogP contribution is -2.33. The van der Waals surface area contributed by atoms with Gasteiger partial charge in [-0.05, 0) is 36.8 Å². The van der Waals surface area contributed by atoms with E-state index in [1.165, 1.54) is 12.1 Å². The summed E-state index contributed by atoms with van der Waals surface area (Å²) in [6, 6.07) is 3.54. The van der Waals surface area contributed by atoms with E-state index in [1.807, 2.05) is 6.92 Å². The van der Waals surface area contributed by atoms with Gasteiger partial charge in [-0.1, -0.05) is 13.0 Å². The van der Waals surface area contributed by atoms with Gasteiger partial charge in [0, 0.05) is 12.5 Å². The zero-order valence-corrected chi connectivity index (χ0v) is 9.34. The molecule has 1 aliphatic carbocycles. The topological polar surface area (TPSA) is 20.2 Å². The molecule has 3 heteroatoms. The molecule has 0 radical (unpaired) electrons. The van der Waals surface area contributed by atoms with E-state index in [0.29, 0.717) is 12.0 Å². The molecule has 1 saturated carbocycles. The molecule has 2 rings (SSSR count). The first-order chi connectivity index (χ1) is 7.55. The monoisotopic (exact) mass is 226 g/mol. The maximum Gasteiger partial charge on any atom is 0.129 e. The van der Waals surface area contributed by atoms with E-state index in [1.54, 1.807) is 0 Å². The summed E-state index contributed by atoms with van der Waals surface area (Å²) in [6.07, 6.45) is 2.90. The van der Waals surface area contributed by atoms with Gasteiger partial charge in [-0.25, -0.2) is 8.78 Å². The Kier molecular flexibility index (Phi) is 2.98. The van der Waals surface area contributed by atoms with Crippen molar-refractivity contribution in [2.45, 2.75) is 38.2 Å². The summed E-state index contributed by atoms with van der Waals surface area (Å²) >= 11 is 0. The molecule has 1 fully saturated rings. The smallest absolute Gasteiger partial charge is 0.129 e. The van der Waals surface area contributed by atoms with Gasteiger partial charge in [0.15, 0.2) is 0 Å². The zero-order chi connectivity index (χ0) is 11.8. The second kappa shape index (κ2) is 4.13. The Morgan fingerprint density at radius 3 is 2.56 bits per heavy atom. The van der Waals surface area contributed by atoms with Gasteiger partial charge in [0.25, 0.3) is 0 Å². The molecule has 1 aromatic carbocycles. The standard InChI is InChI=1S/C13H16F2O/c1-2-13(16,10-4-5-10)8-9-3-6-11(14)7-12(9)15/h3,6-7,10,16H,2,4-5,8H2,1H3. The van der Waals surface area contributed by atoms with E-state index in [0.717, 1.165) is 18.9 Å². The number of hydrogen-bond donors (Lipinski definition) is 1. The molecular weight excluding hydrogens is 210 g/mol. The van der Waals surface area contributed by atoms with Crippen LogP contribution in [0.2, 0.25) is 0 Å². The van der Waals surface area contributed by atoms with Crippen molar-refractivity contribution in [3.63, 3.8) is 0 Å². The summed E-state index contributed by atoms with van der Waals surface area (Å²) in [5, 5.41) is 10.3. The van der Waals surface area contributed by atoms with Crippen LogP contribution in [-0.4, -0.2) is 10.7 Å². The maximum absolute atomic E-state index is 13.4. The Labute approximate surface area is 94.1 Å². The third-order valence-electron chi connectivity index (χ3n) is 3.46. The van der Waals surface area contributed by atoms with E-state index >= 15 is 0 Å². The molecule has 0 spiro atoms. The fourth-order valence-electron chi connectivity index (χ4n) is 2.17. The highest BCUT2D eigenvalue weighted by molar-refractivity contribution is 5.21. The molecule has 0 aliphatic heterocycles. The van der Waals surface area contributed by atoms with Gasteiger partial charge >= 0.3 is 0 Å². The fraction of sp³-hybridized carbons (Fsp3) is 0.538. The van der Waals surface area contributed by atoms with Crippen molar-refractivity contribution in [2.75, 3.05) is 0 Å². The number of aliphatic hydroxyl groups is 1. The van der Waals surface area contributed by atoms with E-state index in [-0.39, 0.29) is 12.3 Å². The Morgan fingerprint density at radius 1 is 1.38 bits per heavy atom. The van der Waals surface area contributed by atoms with Crippen LogP contribution in [0.1, 0.15) is 31.7 Å². The van der Waals surface area contributed by atoms with Crippen molar-refractivity contribution in [2.24, 2.45) is 5.92 Å². The van der Waals surface area contributed by atoms with Crippen LogP contribution in [0.4, 0.5) is 8.78 Å².